The lowest BCUT2D eigenvalue weighted by atomic mass is 10.2. The van der Waals surface area contributed by atoms with Crippen LogP contribution in [-0.2, 0) is 4.79 Å². The van der Waals surface area contributed by atoms with Crippen LogP contribution in [0.4, 0.5) is 0 Å². The highest BCUT2D eigenvalue weighted by Gasteiger charge is 2.19. The van der Waals surface area contributed by atoms with Crippen LogP contribution in [0.2, 0.25) is 0 Å². The Morgan fingerprint density at radius 3 is 2.55 bits per heavy atom. The van der Waals surface area contributed by atoms with E-state index in [2.05, 4.69) is 21.2 Å². The van der Waals surface area contributed by atoms with Gasteiger partial charge in [0.05, 0.1) is 0 Å². The first-order valence-corrected chi connectivity index (χ1v) is 7.07. The summed E-state index contributed by atoms with van der Waals surface area (Å²) in [5.41, 5.74) is 0.0247. The fourth-order valence-electron chi connectivity index (χ4n) is 1.46. The number of hydrogen-bond donors (Lipinski definition) is 2. The third-order valence-electron chi connectivity index (χ3n) is 2.53. The van der Waals surface area contributed by atoms with Gasteiger partial charge in [-0.25, -0.2) is 4.79 Å². The molecule has 1 amide bonds. The highest BCUT2D eigenvalue weighted by atomic mass is 79.9. The third-order valence-corrected chi connectivity index (χ3v) is 3.02. The van der Waals surface area contributed by atoms with E-state index < -0.39 is 12.1 Å². The van der Waals surface area contributed by atoms with Gasteiger partial charge < -0.3 is 15.2 Å². The van der Waals surface area contributed by atoms with Crippen LogP contribution in [0.3, 0.4) is 0 Å². The maximum absolute atomic E-state index is 11.8. The minimum atomic E-state index is -1.10. The molecule has 0 saturated heterocycles. The monoisotopic (exact) mass is 343 g/mol. The summed E-state index contributed by atoms with van der Waals surface area (Å²) in [5, 5.41) is 11.8. The van der Waals surface area contributed by atoms with Crippen molar-refractivity contribution in [3.05, 3.63) is 28.2 Å². The van der Waals surface area contributed by atoms with E-state index in [9.17, 15) is 9.59 Å². The molecule has 1 aromatic carbocycles. The summed E-state index contributed by atoms with van der Waals surface area (Å²) in [4.78, 5) is 22.9. The number of carbonyl (C=O) groups excluding carboxylic acids is 1. The average Bonchev–Trinajstić information content (AvgIpc) is 2.35. The topological polar surface area (TPSA) is 75.6 Å². The number of halogens is 1. The standard InChI is InChI=1S/C14H18BrNO4/c1-8(2)7-16-13(17)9(3)20-12-6-10(15)4-5-11(12)14(18)19/h4-6,8-9H,7H2,1-3H3,(H,16,17)(H,18,19). The predicted octanol–water partition coefficient (Wildman–Crippen LogP) is 2.69. The molecule has 0 aliphatic carbocycles. The van der Waals surface area contributed by atoms with Crippen molar-refractivity contribution in [2.45, 2.75) is 26.9 Å². The Labute approximate surface area is 126 Å². The summed E-state index contributed by atoms with van der Waals surface area (Å²) >= 11 is 3.25. The van der Waals surface area contributed by atoms with Crippen molar-refractivity contribution in [2.24, 2.45) is 5.92 Å². The number of nitrogens with one attached hydrogen (secondary N) is 1. The number of amides is 1. The van der Waals surface area contributed by atoms with Gasteiger partial charge in [-0.3, -0.25) is 4.79 Å². The molecule has 0 aromatic heterocycles. The summed E-state index contributed by atoms with van der Waals surface area (Å²) in [5.74, 6) is -0.858. The molecule has 0 saturated carbocycles. The molecule has 0 bridgehead atoms. The highest BCUT2D eigenvalue weighted by Crippen LogP contribution is 2.24. The molecule has 1 aromatic rings. The van der Waals surface area contributed by atoms with Gasteiger partial charge in [-0.1, -0.05) is 29.8 Å². The molecule has 0 aliphatic rings. The Morgan fingerprint density at radius 1 is 1.35 bits per heavy atom. The first-order valence-electron chi connectivity index (χ1n) is 6.28. The van der Waals surface area contributed by atoms with Crippen molar-refractivity contribution >= 4 is 27.8 Å². The van der Waals surface area contributed by atoms with Gasteiger partial charge in [0.25, 0.3) is 5.91 Å². The van der Waals surface area contributed by atoms with Crippen molar-refractivity contribution in [3.8, 4) is 5.75 Å². The lowest BCUT2D eigenvalue weighted by molar-refractivity contribution is -0.127. The molecule has 110 valence electrons. The summed E-state index contributed by atoms with van der Waals surface area (Å²) < 4.78 is 6.15. The zero-order valence-electron chi connectivity index (χ0n) is 11.6. The average molecular weight is 344 g/mol. The van der Waals surface area contributed by atoms with Crippen LogP contribution in [-0.4, -0.2) is 29.6 Å². The summed E-state index contributed by atoms with van der Waals surface area (Å²) in [6.07, 6.45) is -0.763. The van der Waals surface area contributed by atoms with E-state index in [0.717, 1.165) is 0 Å². The molecule has 2 N–H and O–H groups in total. The van der Waals surface area contributed by atoms with Gasteiger partial charge in [0, 0.05) is 11.0 Å². The van der Waals surface area contributed by atoms with Crippen LogP contribution in [0, 0.1) is 5.92 Å². The second-order valence-electron chi connectivity index (χ2n) is 4.84. The highest BCUT2D eigenvalue weighted by molar-refractivity contribution is 9.10. The van der Waals surface area contributed by atoms with Crippen LogP contribution in [0.1, 0.15) is 31.1 Å². The maximum Gasteiger partial charge on any atom is 0.339 e. The molecular weight excluding hydrogens is 326 g/mol. The van der Waals surface area contributed by atoms with Gasteiger partial charge >= 0.3 is 5.97 Å². The fraction of sp³-hybridized carbons (Fsp3) is 0.429. The second kappa shape index (κ2) is 7.28. The van der Waals surface area contributed by atoms with Crippen molar-refractivity contribution < 1.29 is 19.4 Å². The molecule has 1 atom stereocenters. The Hall–Kier alpha value is -1.56. The van der Waals surface area contributed by atoms with Crippen LogP contribution in [0.25, 0.3) is 0 Å². The van der Waals surface area contributed by atoms with Crippen molar-refractivity contribution in [2.75, 3.05) is 6.54 Å². The van der Waals surface area contributed by atoms with Crippen LogP contribution in [0.5, 0.6) is 5.75 Å². The molecule has 0 heterocycles. The number of carbonyl (C=O) groups is 2. The summed E-state index contributed by atoms with van der Waals surface area (Å²) in [7, 11) is 0. The van der Waals surface area contributed by atoms with Gasteiger partial charge in [-0.2, -0.15) is 0 Å². The molecule has 6 heteroatoms. The van der Waals surface area contributed by atoms with Gasteiger partial charge in [-0.05, 0) is 31.0 Å². The number of aromatic carboxylic acids is 1. The van der Waals surface area contributed by atoms with E-state index in [4.69, 9.17) is 9.84 Å². The molecule has 1 rings (SSSR count). The number of rotatable bonds is 6. The summed E-state index contributed by atoms with van der Waals surface area (Å²) in [6, 6.07) is 4.58. The van der Waals surface area contributed by atoms with Gasteiger partial charge in [-0.15, -0.1) is 0 Å². The maximum atomic E-state index is 11.8. The van der Waals surface area contributed by atoms with Crippen LogP contribution in [0.15, 0.2) is 22.7 Å². The molecule has 5 nitrogen and oxygen atoms in total. The minimum Gasteiger partial charge on any atom is -0.480 e. The number of hydrogen-bond acceptors (Lipinski definition) is 3. The molecule has 1 unspecified atom stereocenters. The molecule has 20 heavy (non-hydrogen) atoms. The van der Waals surface area contributed by atoms with E-state index >= 15 is 0 Å². The number of carboxylic acid groups (broad SMARTS) is 1. The minimum absolute atomic E-state index is 0.0247. The Bertz CT molecular complexity index is 502. The molecule has 0 aliphatic heterocycles. The fourth-order valence-corrected chi connectivity index (χ4v) is 1.80. The van der Waals surface area contributed by atoms with Gasteiger partial charge in [0.1, 0.15) is 11.3 Å². The smallest absolute Gasteiger partial charge is 0.339 e. The normalized spacial score (nSPS) is 12.1. The molecule has 0 spiro atoms. The Balaban J connectivity index is 2.79. The van der Waals surface area contributed by atoms with Gasteiger partial charge in [0.2, 0.25) is 0 Å². The van der Waals surface area contributed by atoms with Gasteiger partial charge in [0.15, 0.2) is 6.10 Å². The van der Waals surface area contributed by atoms with Crippen molar-refractivity contribution in [1.82, 2.24) is 5.32 Å². The van der Waals surface area contributed by atoms with Crippen molar-refractivity contribution in [3.63, 3.8) is 0 Å². The van der Waals surface area contributed by atoms with Crippen LogP contribution < -0.4 is 10.1 Å². The number of carboxylic acids is 1. The van der Waals surface area contributed by atoms with Crippen molar-refractivity contribution in [1.29, 1.82) is 0 Å². The SMILES string of the molecule is CC(C)CNC(=O)C(C)Oc1cc(Br)ccc1C(=O)O. The first-order chi connectivity index (χ1) is 9.31. The first kappa shape index (κ1) is 16.5. The molecular formula is C14H18BrNO4. The van der Waals surface area contributed by atoms with E-state index in [-0.39, 0.29) is 17.2 Å². The van der Waals surface area contributed by atoms with E-state index in [1.54, 1.807) is 13.0 Å². The zero-order valence-corrected chi connectivity index (χ0v) is 13.2. The third kappa shape index (κ3) is 4.85. The second-order valence-corrected chi connectivity index (χ2v) is 5.76. The Morgan fingerprint density at radius 2 is 2.00 bits per heavy atom. The van der Waals surface area contributed by atoms with E-state index in [1.807, 2.05) is 13.8 Å². The number of ether oxygens (including phenoxy) is 1. The zero-order chi connectivity index (χ0) is 15.3. The summed E-state index contributed by atoms with van der Waals surface area (Å²) in [6.45, 7) is 6.12. The number of benzene rings is 1. The van der Waals surface area contributed by atoms with E-state index in [1.165, 1.54) is 12.1 Å². The predicted molar refractivity (Wildman–Crippen MR) is 79.0 cm³/mol. The largest absolute Gasteiger partial charge is 0.480 e. The molecule has 0 radical (unpaired) electrons. The quantitative estimate of drug-likeness (QED) is 0.832. The lowest BCUT2D eigenvalue weighted by Crippen LogP contribution is -2.38. The van der Waals surface area contributed by atoms with Crippen LogP contribution >= 0.6 is 15.9 Å². The lowest BCUT2D eigenvalue weighted by Gasteiger charge is -2.17. The Kier molecular flexibility index (Phi) is 6.01. The van der Waals surface area contributed by atoms with E-state index in [0.29, 0.717) is 16.9 Å². The molecule has 0 fully saturated rings.